The van der Waals surface area contributed by atoms with Crippen molar-refractivity contribution in [1.29, 1.82) is 0 Å². The monoisotopic (exact) mass is 277 g/mol. The number of carbonyl (C=O) groups excluding carboxylic acids is 2. The lowest BCUT2D eigenvalue weighted by atomic mass is 10.1. The summed E-state index contributed by atoms with van der Waals surface area (Å²) in [5.74, 6) is -2.92. The maximum absolute atomic E-state index is 13.5. The number of rotatable bonds is 3. The van der Waals surface area contributed by atoms with Gasteiger partial charge in [0.15, 0.2) is 0 Å². The van der Waals surface area contributed by atoms with Gasteiger partial charge in [0.05, 0.1) is 5.69 Å². The van der Waals surface area contributed by atoms with Gasteiger partial charge in [0.2, 0.25) is 11.8 Å². The van der Waals surface area contributed by atoms with Crippen LogP contribution in [0.25, 0.3) is 6.08 Å². The van der Waals surface area contributed by atoms with Crippen LogP contribution in [0.3, 0.4) is 0 Å². The minimum atomic E-state index is -1.21. The van der Waals surface area contributed by atoms with Gasteiger partial charge >= 0.3 is 5.97 Å². The van der Waals surface area contributed by atoms with E-state index in [1.54, 1.807) is 6.92 Å². The number of aliphatic carboxylic acids is 1. The Kier molecular flexibility index (Phi) is 3.65. The molecule has 1 aliphatic heterocycles. The summed E-state index contributed by atoms with van der Waals surface area (Å²) in [4.78, 5) is 35.1. The standard InChI is InChI=1S/C14H12FNO4/c1-8-6-12(17)16(14(8)20)10-3-4-11(15)9(7-10)2-5-13(18)19/h2-5,7-8H,6H2,1H3,(H,18,19)/b5-2+. The summed E-state index contributed by atoms with van der Waals surface area (Å²) in [6, 6.07) is 3.70. The van der Waals surface area contributed by atoms with Crippen molar-refractivity contribution in [3.05, 3.63) is 35.7 Å². The highest BCUT2D eigenvalue weighted by atomic mass is 19.1. The van der Waals surface area contributed by atoms with Crippen molar-refractivity contribution in [3.8, 4) is 0 Å². The number of nitrogens with zero attached hydrogens (tertiary/aromatic N) is 1. The third-order valence-electron chi connectivity index (χ3n) is 3.02. The first-order chi connectivity index (χ1) is 9.40. The third-order valence-corrected chi connectivity index (χ3v) is 3.02. The largest absolute Gasteiger partial charge is 0.478 e. The molecule has 1 fully saturated rings. The molecule has 2 rings (SSSR count). The number of anilines is 1. The molecule has 2 amide bonds. The highest BCUT2D eigenvalue weighted by molar-refractivity contribution is 6.20. The van der Waals surface area contributed by atoms with E-state index in [4.69, 9.17) is 5.11 Å². The summed E-state index contributed by atoms with van der Waals surface area (Å²) in [5.41, 5.74) is 0.251. The van der Waals surface area contributed by atoms with Gasteiger partial charge in [-0.25, -0.2) is 9.18 Å². The fraction of sp³-hybridized carbons (Fsp3) is 0.214. The molecular formula is C14H12FNO4. The molecule has 1 N–H and O–H groups in total. The van der Waals surface area contributed by atoms with E-state index in [1.807, 2.05) is 0 Å². The molecule has 1 saturated heterocycles. The van der Waals surface area contributed by atoms with Crippen molar-refractivity contribution in [2.24, 2.45) is 5.92 Å². The van der Waals surface area contributed by atoms with E-state index in [2.05, 4.69) is 0 Å². The van der Waals surface area contributed by atoms with Gasteiger partial charge in [-0.05, 0) is 24.3 Å². The molecule has 0 bridgehead atoms. The molecular weight excluding hydrogens is 265 g/mol. The summed E-state index contributed by atoms with van der Waals surface area (Å²) in [6.45, 7) is 1.65. The van der Waals surface area contributed by atoms with Crippen molar-refractivity contribution in [3.63, 3.8) is 0 Å². The molecule has 6 heteroatoms. The van der Waals surface area contributed by atoms with Gasteiger partial charge in [-0.15, -0.1) is 0 Å². The lowest BCUT2D eigenvalue weighted by Gasteiger charge is -2.15. The zero-order chi connectivity index (χ0) is 14.9. The van der Waals surface area contributed by atoms with Crippen LogP contribution < -0.4 is 4.90 Å². The molecule has 0 spiro atoms. The molecule has 1 heterocycles. The van der Waals surface area contributed by atoms with Crippen molar-refractivity contribution in [2.75, 3.05) is 4.90 Å². The number of imide groups is 1. The van der Waals surface area contributed by atoms with E-state index in [0.29, 0.717) is 0 Å². The minimum absolute atomic E-state index is 0.00468. The van der Waals surface area contributed by atoms with Crippen LogP contribution in [0.15, 0.2) is 24.3 Å². The van der Waals surface area contributed by atoms with E-state index < -0.39 is 17.7 Å². The molecule has 0 aliphatic carbocycles. The van der Waals surface area contributed by atoms with Crippen LogP contribution >= 0.6 is 0 Å². The van der Waals surface area contributed by atoms with E-state index in [-0.39, 0.29) is 29.5 Å². The fourth-order valence-corrected chi connectivity index (χ4v) is 2.01. The van der Waals surface area contributed by atoms with Gasteiger partial charge in [0, 0.05) is 24.0 Å². The average Bonchev–Trinajstić information content (AvgIpc) is 2.63. The van der Waals surface area contributed by atoms with Crippen molar-refractivity contribution in [2.45, 2.75) is 13.3 Å². The summed E-state index contributed by atoms with van der Waals surface area (Å²) in [5, 5.41) is 8.54. The molecule has 1 unspecified atom stereocenters. The molecule has 20 heavy (non-hydrogen) atoms. The Labute approximate surface area is 114 Å². The number of hydrogen-bond donors (Lipinski definition) is 1. The Morgan fingerprint density at radius 2 is 2.15 bits per heavy atom. The smallest absolute Gasteiger partial charge is 0.328 e. The van der Waals surface area contributed by atoms with E-state index in [0.717, 1.165) is 23.1 Å². The molecule has 5 nitrogen and oxygen atoms in total. The van der Waals surface area contributed by atoms with Gasteiger partial charge in [-0.2, -0.15) is 0 Å². The summed E-state index contributed by atoms with van der Waals surface area (Å²) in [6.07, 6.45) is 1.99. The SMILES string of the molecule is CC1CC(=O)N(c2ccc(F)c(/C=C/C(=O)O)c2)C1=O. The Bertz CT molecular complexity index is 624. The van der Waals surface area contributed by atoms with Crippen LogP contribution in [0.5, 0.6) is 0 Å². The predicted octanol–water partition coefficient (Wildman–Crippen LogP) is 1.82. The molecule has 1 aromatic carbocycles. The Balaban J connectivity index is 2.39. The van der Waals surface area contributed by atoms with Gasteiger partial charge in [0.25, 0.3) is 0 Å². The molecule has 0 saturated carbocycles. The van der Waals surface area contributed by atoms with Crippen LogP contribution in [-0.2, 0) is 14.4 Å². The highest BCUT2D eigenvalue weighted by Crippen LogP contribution is 2.28. The number of amides is 2. The number of carbonyl (C=O) groups is 3. The predicted molar refractivity (Wildman–Crippen MR) is 69.3 cm³/mol. The zero-order valence-electron chi connectivity index (χ0n) is 10.7. The summed E-state index contributed by atoms with van der Waals surface area (Å²) >= 11 is 0. The lowest BCUT2D eigenvalue weighted by Crippen LogP contribution is -2.30. The summed E-state index contributed by atoms with van der Waals surface area (Å²) < 4.78 is 13.5. The minimum Gasteiger partial charge on any atom is -0.478 e. The normalized spacial score (nSPS) is 19.1. The number of benzene rings is 1. The van der Waals surface area contributed by atoms with Crippen molar-refractivity contribution >= 4 is 29.5 Å². The Hall–Kier alpha value is -2.50. The molecule has 0 radical (unpaired) electrons. The molecule has 1 aliphatic rings. The maximum Gasteiger partial charge on any atom is 0.328 e. The van der Waals surface area contributed by atoms with Crippen LogP contribution in [0.2, 0.25) is 0 Å². The van der Waals surface area contributed by atoms with E-state index in [1.165, 1.54) is 12.1 Å². The fourth-order valence-electron chi connectivity index (χ4n) is 2.01. The quantitative estimate of drug-likeness (QED) is 0.675. The second-order valence-corrected chi connectivity index (χ2v) is 4.55. The number of carboxylic acid groups (broad SMARTS) is 1. The van der Waals surface area contributed by atoms with Gasteiger partial charge < -0.3 is 5.11 Å². The average molecular weight is 277 g/mol. The number of halogens is 1. The van der Waals surface area contributed by atoms with Gasteiger partial charge in [-0.3, -0.25) is 14.5 Å². The third kappa shape index (κ3) is 2.59. The zero-order valence-corrected chi connectivity index (χ0v) is 10.7. The van der Waals surface area contributed by atoms with Crippen LogP contribution in [-0.4, -0.2) is 22.9 Å². The summed E-state index contributed by atoms with van der Waals surface area (Å²) in [7, 11) is 0. The molecule has 1 atom stereocenters. The Morgan fingerprint density at radius 1 is 1.45 bits per heavy atom. The van der Waals surface area contributed by atoms with Crippen LogP contribution in [0, 0.1) is 11.7 Å². The van der Waals surface area contributed by atoms with Gasteiger partial charge in [-0.1, -0.05) is 6.92 Å². The van der Waals surface area contributed by atoms with Crippen molar-refractivity contribution < 1.29 is 23.9 Å². The maximum atomic E-state index is 13.5. The first kappa shape index (κ1) is 13.9. The first-order valence-corrected chi connectivity index (χ1v) is 5.97. The molecule has 1 aromatic rings. The Morgan fingerprint density at radius 3 is 2.70 bits per heavy atom. The van der Waals surface area contributed by atoms with Gasteiger partial charge in [0.1, 0.15) is 5.82 Å². The van der Waals surface area contributed by atoms with Crippen molar-refractivity contribution in [1.82, 2.24) is 0 Å². The second kappa shape index (κ2) is 5.24. The lowest BCUT2D eigenvalue weighted by molar-refractivity contribution is -0.131. The molecule has 0 aromatic heterocycles. The highest BCUT2D eigenvalue weighted by Gasteiger charge is 2.36. The number of carboxylic acids is 1. The van der Waals surface area contributed by atoms with E-state index >= 15 is 0 Å². The topological polar surface area (TPSA) is 74.7 Å². The van der Waals surface area contributed by atoms with Crippen LogP contribution in [0.4, 0.5) is 10.1 Å². The number of hydrogen-bond acceptors (Lipinski definition) is 3. The first-order valence-electron chi connectivity index (χ1n) is 5.97. The van der Waals surface area contributed by atoms with Crippen LogP contribution in [0.1, 0.15) is 18.9 Å². The van der Waals surface area contributed by atoms with E-state index in [9.17, 15) is 18.8 Å². The molecule has 104 valence electrons. The second-order valence-electron chi connectivity index (χ2n) is 4.55.